The maximum absolute atomic E-state index is 12.4. The predicted molar refractivity (Wildman–Crippen MR) is 50.5 cm³/mol. The van der Waals surface area contributed by atoms with Crippen molar-refractivity contribution in [1.29, 1.82) is 0 Å². The molecule has 11 heteroatoms. The van der Waals surface area contributed by atoms with Gasteiger partial charge in [0, 0.05) is 5.57 Å². The number of sulfonamides is 1. The lowest BCUT2D eigenvalue weighted by atomic mass is 9.98. The summed E-state index contributed by atoms with van der Waals surface area (Å²) >= 11 is 0. The Bertz CT molecular complexity index is 516. The highest BCUT2D eigenvalue weighted by Gasteiger charge is 2.44. The van der Waals surface area contributed by atoms with Crippen LogP contribution in [-0.4, -0.2) is 31.2 Å². The molecular weight excluding hydrogens is 304 g/mol. The maximum atomic E-state index is 12.4. The molecule has 19 heavy (non-hydrogen) atoms. The molecule has 0 saturated carbocycles. The van der Waals surface area contributed by atoms with Crippen molar-refractivity contribution in [3.63, 3.8) is 0 Å². The predicted octanol–water partition coefficient (Wildman–Crippen LogP) is 2.04. The summed E-state index contributed by atoms with van der Waals surface area (Å²) < 4.78 is 96.8. The van der Waals surface area contributed by atoms with E-state index >= 15 is 0 Å². The van der Waals surface area contributed by atoms with Gasteiger partial charge in [-0.2, -0.15) is 26.3 Å². The van der Waals surface area contributed by atoms with E-state index in [0.29, 0.717) is 0 Å². The topological polar surface area (TPSA) is 66.4 Å². The molecule has 1 unspecified atom stereocenters. The average molecular weight is 311 g/mol. The Kier molecular flexibility index (Phi) is 4.04. The normalized spacial score (nSPS) is 21.9. The van der Waals surface area contributed by atoms with E-state index in [2.05, 4.69) is 0 Å². The Morgan fingerprint density at radius 2 is 1.68 bits per heavy atom. The Morgan fingerprint density at radius 1 is 1.16 bits per heavy atom. The Labute approximate surface area is 103 Å². The summed E-state index contributed by atoms with van der Waals surface area (Å²) in [4.78, 5) is 0.721. The molecule has 1 atom stereocenters. The fourth-order valence-corrected chi connectivity index (χ4v) is 2.27. The van der Waals surface area contributed by atoms with Crippen molar-refractivity contribution >= 4 is 10.0 Å². The fraction of sp³-hybridized carbons (Fsp3) is 0.500. The molecule has 0 amide bonds. The van der Waals surface area contributed by atoms with Gasteiger partial charge in [-0.3, -0.25) is 0 Å². The van der Waals surface area contributed by atoms with Crippen molar-refractivity contribution < 1.29 is 40.0 Å². The average Bonchev–Trinajstić information content (AvgIpc) is 2.26. The third-order valence-electron chi connectivity index (χ3n) is 2.33. The van der Waals surface area contributed by atoms with Crippen LogP contribution >= 0.6 is 0 Å². The van der Waals surface area contributed by atoms with Crippen LogP contribution in [0.4, 0.5) is 26.3 Å². The lowest BCUT2D eigenvalue weighted by molar-refractivity contribution is -0.0985. The lowest BCUT2D eigenvalue weighted by Crippen LogP contribution is -2.35. The highest BCUT2D eigenvalue weighted by atomic mass is 32.2. The zero-order chi connectivity index (χ0) is 15.1. The van der Waals surface area contributed by atoms with Crippen LogP contribution in [0.2, 0.25) is 0 Å². The second-order valence-corrected chi connectivity index (χ2v) is 5.54. The summed E-state index contributed by atoms with van der Waals surface area (Å²) in [5, 5.41) is 6.12. The van der Waals surface area contributed by atoms with Crippen molar-refractivity contribution in [2.75, 3.05) is 0 Å². The fourth-order valence-electron chi connectivity index (χ4n) is 1.41. The van der Waals surface area contributed by atoms with Crippen molar-refractivity contribution in [2.24, 2.45) is 0 Å². The summed E-state index contributed by atoms with van der Waals surface area (Å²) in [5.41, 5.74) is -3.36. The van der Waals surface area contributed by atoms with Crippen LogP contribution in [-0.2, 0) is 10.0 Å². The molecule has 0 radical (unpaired) electrons. The summed E-state index contributed by atoms with van der Waals surface area (Å²) in [5.74, 6) is 0. The van der Waals surface area contributed by atoms with E-state index in [0.717, 1.165) is 4.89 Å². The van der Waals surface area contributed by atoms with Crippen LogP contribution in [0.1, 0.15) is 6.42 Å². The van der Waals surface area contributed by atoms with E-state index in [-0.39, 0.29) is 12.2 Å². The molecular formula is C8H7F6NO3S. The second kappa shape index (κ2) is 4.80. The van der Waals surface area contributed by atoms with Gasteiger partial charge < -0.3 is 5.21 Å². The molecule has 2 N–H and O–H groups in total. The highest BCUT2D eigenvalue weighted by molar-refractivity contribution is 7.90. The van der Waals surface area contributed by atoms with E-state index < -0.39 is 45.2 Å². The molecule has 1 aliphatic carbocycles. The Hall–Kier alpha value is -1.07. The number of hydrogen-bond donors (Lipinski definition) is 2. The van der Waals surface area contributed by atoms with Gasteiger partial charge in [0.1, 0.15) is 5.25 Å². The van der Waals surface area contributed by atoms with E-state index in [9.17, 15) is 34.8 Å². The van der Waals surface area contributed by atoms with E-state index in [1.54, 1.807) is 0 Å². The summed E-state index contributed by atoms with van der Waals surface area (Å²) in [7, 11) is -4.72. The van der Waals surface area contributed by atoms with Gasteiger partial charge in [-0.05, 0) is 12.5 Å². The van der Waals surface area contributed by atoms with Gasteiger partial charge in [0.05, 0.1) is 5.57 Å². The van der Waals surface area contributed by atoms with Gasteiger partial charge in [-0.15, -0.1) is 0 Å². The molecule has 4 nitrogen and oxygen atoms in total. The SMILES string of the molecule is O=S(=O)(NO)C1C=C(C(F)(F)F)C=C(C(F)(F)F)C1. The van der Waals surface area contributed by atoms with Crippen molar-refractivity contribution in [3.05, 3.63) is 23.3 Å². The molecule has 0 saturated heterocycles. The van der Waals surface area contributed by atoms with Crippen LogP contribution in [0.25, 0.3) is 0 Å². The first-order valence-corrected chi connectivity index (χ1v) is 6.14. The standard InChI is InChI=1S/C8H7F6NO3S/c9-7(10,11)4-1-5(8(12,13)14)3-6(2-4)19(17,18)15-16/h1-2,6,15-16H,3H2. The van der Waals surface area contributed by atoms with Crippen molar-refractivity contribution in [1.82, 2.24) is 4.89 Å². The number of hydrogen-bond acceptors (Lipinski definition) is 3. The molecule has 0 aliphatic heterocycles. The molecule has 0 aromatic carbocycles. The monoisotopic (exact) mass is 311 g/mol. The summed E-state index contributed by atoms with van der Waals surface area (Å²) in [6.07, 6.45) is -11.5. The lowest BCUT2D eigenvalue weighted by Gasteiger charge is -2.23. The number of alkyl halides is 6. The van der Waals surface area contributed by atoms with Crippen LogP contribution in [0.15, 0.2) is 23.3 Å². The molecule has 0 heterocycles. The maximum Gasteiger partial charge on any atom is 0.416 e. The molecule has 0 aromatic heterocycles. The van der Waals surface area contributed by atoms with Crippen molar-refractivity contribution in [2.45, 2.75) is 24.0 Å². The summed E-state index contributed by atoms with van der Waals surface area (Å²) in [6.45, 7) is 0. The first-order valence-electron chi connectivity index (χ1n) is 4.59. The van der Waals surface area contributed by atoms with Crippen LogP contribution < -0.4 is 4.89 Å². The first-order chi connectivity index (χ1) is 8.38. The third-order valence-corrected chi connectivity index (χ3v) is 3.69. The zero-order valence-electron chi connectivity index (χ0n) is 8.88. The second-order valence-electron chi connectivity index (χ2n) is 3.67. The van der Waals surface area contributed by atoms with Gasteiger partial charge in [0.25, 0.3) is 0 Å². The van der Waals surface area contributed by atoms with Gasteiger partial charge in [0.15, 0.2) is 0 Å². The van der Waals surface area contributed by atoms with Gasteiger partial charge >= 0.3 is 12.4 Å². The largest absolute Gasteiger partial charge is 0.416 e. The van der Waals surface area contributed by atoms with Gasteiger partial charge in [-0.25, -0.2) is 8.42 Å². The van der Waals surface area contributed by atoms with E-state index in [1.165, 1.54) is 0 Å². The van der Waals surface area contributed by atoms with E-state index in [4.69, 9.17) is 5.21 Å². The van der Waals surface area contributed by atoms with Gasteiger partial charge in [0.2, 0.25) is 10.0 Å². The minimum atomic E-state index is -5.12. The minimum absolute atomic E-state index is 0.119. The highest BCUT2D eigenvalue weighted by Crippen LogP contribution is 2.39. The quantitative estimate of drug-likeness (QED) is 0.606. The zero-order valence-corrected chi connectivity index (χ0v) is 9.70. The molecule has 0 aromatic rings. The van der Waals surface area contributed by atoms with Crippen LogP contribution in [0, 0.1) is 0 Å². The number of nitrogens with one attached hydrogen (secondary N) is 1. The van der Waals surface area contributed by atoms with Gasteiger partial charge in [-0.1, -0.05) is 11.0 Å². The Balaban J connectivity index is 3.31. The smallest absolute Gasteiger partial charge is 0.302 e. The number of halogens is 6. The molecule has 0 fully saturated rings. The minimum Gasteiger partial charge on any atom is -0.302 e. The molecule has 0 spiro atoms. The molecule has 0 bridgehead atoms. The Morgan fingerprint density at radius 3 is 2.05 bits per heavy atom. The van der Waals surface area contributed by atoms with Crippen LogP contribution in [0.3, 0.4) is 0 Å². The number of rotatable bonds is 2. The molecule has 110 valence electrons. The molecule has 1 aliphatic rings. The van der Waals surface area contributed by atoms with Crippen LogP contribution in [0.5, 0.6) is 0 Å². The van der Waals surface area contributed by atoms with Crippen molar-refractivity contribution in [3.8, 4) is 0 Å². The van der Waals surface area contributed by atoms with E-state index in [1.807, 2.05) is 0 Å². The summed E-state index contributed by atoms with van der Waals surface area (Å²) in [6, 6.07) is 0. The third kappa shape index (κ3) is 3.70. The number of allylic oxidation sites excluding steroid dienone is 3. The molecule has 1 rings (SSSR count). The first kappa shape index (κ1) is 16.0.